The quantitative estimate of drug-likeness (QED) is 0.150. The third-order valence-electron chi connectivity index (χ3n) is 6.60. The van der Waals surface area contributed by atoms with Crippen molar-refractivity contribution in [3.63, 3.8) is 0 Å². The molecular formula is C34H40O6. The van der Waals surface area contributed by atoms with Gasteiger partial charge in [0.25, 0.3) is 0 Å². The second-order valence-electron chi connectivity index (χ2n) is 9.52. The van der Waals surface area contributed by atoms with Crippen LogP contribution in [0.1, 0.15) is 73.1 Å². The topological polar surface area (TPSA) is 63.2 Å². The Morgan fingerprint density at radius 1 is 0.600 bits per heavy atom. The second kappa shape index (κ2) is 14.8. The molecule has 3 aromatic rings. The van der Waals surface area contributed by atoms with E-state index in [4.69, 9.17) is 23.7 Å². The van der Waals surface area contributed by atoms with Gasteiger partial charge in [0.1, 0.15) is 0 Å². The number of ether oxygens (including phenoxy) is 5. The fourth-order valence-electron chi connectivity index (χ4n) is 3.89. The van der Waals surface area contributed by atoms with Gasteiger partial charge in [-0.3, -0.25) is 4.79 Å². The summed E-state index contributed by atoms with van der Waals surface area (Å²) >= 11 is 0. The van der Waals surface area contributed by atoms with Crippen LogP contribution in [-0.2, 0) is 0 Å². The van der Waals surface area contributed by atoms with Gasteiger partial charge in [-0.25, -0.2) is 0 Å². The Kier molecular flexibility index (Phi) is 11.2. The van der Waals surface area contributed by atoms with Crippen molar-refractivity contribution in [1.29, 1.82) is 0 Å². The number of methoxy groups -OCH3 is 3. The van der Waals surface area contributed by atoms with Gasteiger partial charge in [0.2, 0.25) is 5.75 Å². The van der Waals surface area contributed by atoms with Crippen molar-refractivity contribution >= 4 is 30.6 Å². The van der Waals surface area contributed by atoms with E-state index < -0.39 is 0 Å². The molecule has 212 valence electrons. The highest BCUT2D eigenvalue weighted by Crippen LogP contribution is 2.40. The lowest BCUT2D eigenvalue weighted by molar-refractivity contribution is 0.111. The van der Waals surface area contributed by atoms with Gasteiger partial charge in [-0.1, -0.05) is 62.4 Å². The Hall–Kier alpha value is -4.19. The zero-order valence-corrected chi connectivity index (χ0v) is 24.5. The number of carbonyl (C=O) groups is 1. The summed E-state index contributed by atoms with van der Waals surface area (Å²) < 4.78 is 28.6. The van der Waals surface area contributed by atoms with Crippen LogP contribution in [0.5, 0.6) is 28.7 Å². The van der Waals surface area contributed by atoms with Crippen LogP contribution >= 0.6 is 0 Å². The first-order valence-corrected chi connectivity index (χ1v) is 13.6. The van der Waals surface area contributed by atoms with Gasteiger partial charge in [0.05, 0.1) is 39.1 Å². The monoisotopic (exact) mass is 544 g/mol. The molecule has 40 heavy (non-hydrogen) atoms. The molecule has 0 heterocycles. The van der Waals surface area contributed by atoms with Crippen molar-refractivity contribution in [2.24, 2.45) is 0 Å². The fourth-order valence-corrected chi connectivity index (χ4v) is 3.89. The molecule has 0 aliphatic carbocycles. The molecule has 0 saturated heterocycles. The first kappa shape index (κ1) is 30.4. The molecule has 2 unspecified atom stereocenters. The normalized spacial score (nSPS) is 12.8. The smallest absolute Gasteiger partial charge is 0.203 e. The Morgan fingerprint density at radius 3 is 1.38 bits per heavy atom. The summed E-state index contributed by atoms with van der Waals surface area (Å²) in [7, 11) is 4.83. The van der Waals surface area contributed by atoms with Gasteiger partial charge >= 0.3 is 0 Å². The molecule has 0 radical (unpaired) electrons. The van der Waals surface area contributed by atoms with E-state index in [9.17, 15) is 4.79 Å². The zero-order chi connectivity index (χ0) is 29.1. The first-order chi connectivity index (χ1) is 19.3. The van der Waals surface area contributed by atoms with Crippen molar-refractivity contribution in [3.05, 3.63) is 76.3 Å². The summed E-state index contributed by atoms with van der Waals surface area (Å²) in [6, 6.07) is 15.7. The van der Waals surface area contributed by atoms with E-state index in [0.717, 1.165) is 41.4 Å². The molecule has 0 fully saturated rings. The fraction of sp³-hybridized carbons (Fsp3) is 0.324. The molecule has 2 atom stereocenters. The van der Waals surface area contributed by atoms with Crippen LogP contribution in [0.3, 0.4) is 0 Å². The van der Waals surface area contributed by atoms with Crippen molar-refractivity contribution in [3.8, 4) is 28.7 Å². The van der Waals surface area contributed by atoms with E-state index >= 15 is 0 Å². The molecular weight excluding hydrogens is 504 g/mol. The molecule has 3 aromatic carbocycles. The Morgan fingerprint density at radius 2 is 0.975 bits per heavy atom. The van der Waals surface area contributed by atoms with Crippen LogP contribution in [0.2, 0.25) is 0 Å². The number of hydrogen-bond acceptors (Lipinski definition) is 6. The zero-order valence-electron chi connectivity index (χ0n) is 24.5. The standard InChI is InChI=1S/C34H40O6/c1-8-23(3)39-33-29(22-35)18-27(19-30(33)36-5)16-14-25-10-12-26(13-11-25)15-17-28-20-31(37-6)34(32(21-28)38-7)40-24(4)9-2/h10-24H,8-9H2,1-7H3/b16-14+,17-15+. The Bertz CT molecular complexity index is 1300. The lowest BCUT2D eigenvalue weighted by atomic mass is 10.1. The lowest BCUT2D eigenvalue weighted by Crippen LogP contribution is -2.12. The molecule has 0 saturated carbocycles. The van der Waals surface area contributed by atoms with E-state index in [1.54, 1.807) is 21.3 Å². The SMILES string of the molecule is CCC(C)Oc1c(C=O)cc(/C=C/c2ccc(/C=C/c3cc(OC)c(OC(C)CC)c(OC)c3)cc2)cc1OC. The summed E-state index contributed by atoms with van der Waals surface area (Å²) in [5.74, 6) is 2.90. The largest absolute Gasteiger partial charge is 0.493 e. The molecule has 0 amide bonds. The van der Waals surface area contributed by atoms with Gasteiger partial charge in [-0.2, -0.15) is 0 Å². The van der Waals surface area contributed by atoms with Crippen LogP contribution in [-0.4, -0.2) is 39.8 Å². The third-order valence-corrected chi connectivity index (χ3v) is 6.60. The minimum Gasteiger partial charge on any atom is -0.493 e. The van der Waals surface area contributed by atoms with Crippen LogP contribution in [0.4, 0.5) is 0 Å². The minimum atomic E-state index is -0.0198. The van der Waals surface area contributed by atoms with Gasteiger partial charge in [0, 0.05) is 0 Å². The van der Waals surface area contributed by atoms with Gasteiger partial charge in [-0.05, 0) is 73.2 Å². The number of carbonyl (C=O) groups excluding carboxylic acids is 1. The maximum absolute atomic E-state index is 11.8. The van der Waals surface area contributed by atoms with Gasteiger partial charge in [0.15, 0.2) is 29.3 Å². The summed E-state index contributed by atoms with van der Waals surface area (Å²) in [4.78, 5) is 11.8. The van der Waals surface area contributed by atoms with E-state index in [1.165, 1.54) is 0 Å². The second-order valence-corrected chi connectivity index (χ2v) is 9.52. The third kappa shape index (κ3) is 7.92. The van der Waals surface area contributed by atoms with Gasteiger partial charge in [-0.15, -0.1) is 0 Å². The Balaban J connectivity index is 1.77. The summed E-state index contributed by atoms with van der Waals surface area (Å²) in [6.07, 6.45) is 10.5. The molecule has 0 aromatic heterocycles. The lowest BCUT2D eigenvalue weighted by Gasteiger charge is -2.18. The number of rotatable bonds is 14. The van der Waals surface area contributed by atoms with Crippen molar-refractivity contribution in [1.82, 2.24) is 0 Å². The average molecular weight is 545 g/mol. The Labute approximate surface area is 238 Å². The summed E-state index contributed by atoms with van der Waals surface area (Å²) in [5.41, 5.74) is 4.33. The highest BCUT2D eigenvalue weighted by molar-refractivity contribution is 5.84. The van der Waals surface area contributed by atoms with E-state index in [2.05, 4.69) is 6.92 Å². The minimum absolute atomic E-state index is 0.0198. The molecule has 0 bridgehead atoms. The maximum Gasteiger partial charge on any atom is 0.203 e. The first-order valence-electron chi connectivity index (χ1n) is 13.6. The average Bonchev–Trinajstić information content (AvgIpc) is 2.99. The molecule has 0 aliphatic rings. The number of benzene rings is 3. The molecule has 0 spiro atoms. The maximum atomic E-state index is 11.8. The number of hydrogen-bond donors (Lipinski definition) is 0. The highest BCUT2D eigenvalue weighted by Gasteiger charge is 2.16. The van der Waals surface area contributed by atoms with Crippen LogP contribution in [0.15, 0.2) is 48.5 Å². The van der Waals surface area contributed by atoms with Crippen molar-refractivity contribution in [2.75, 3.05) is 21.3 Å². The van der Waals surface area contributed by atoms with Crippen molar-refractivity contribution in [2.45, 2.75) is 52.7 Å². The predicted octanol–water partition coefficient (Wildman–Crippen LogP) is 8.22. The van der Waals surface area contributed by atoms with Gasteiger partial charge < -0.3 is 23.7 Å². The molecule has 0 aliphatic heterocycles. The van der Waals surface area contributed by atoms with Crippen LogP contribution < -0.4 is 23.7 Å². The van der Waals surface area contributed by atoms with Crippen molar-refractivity contribution < 1.29 is 28.5 Å². The van der Waals surface area contributed by atoms with Crippen LogP contribution in [0.25, 0.3) is 24.3 Å². The summed E-state index contributed by atoms with van der Waals surface area (Å²) in [6.45, 7) is 8.09. The number of aldehydes is 1. The van der Waals surface area contributed by atoms with Crippen LogP contribution in [0, 0.1) is 0 Å². The molecule has 3 rings (SSSR count). The molecule has 6 nitrogen and oxygen atoms in total. The molecule has 6 heteroatoms. The molecule has 0 N–H and O–H groups in total. The summed E-state index contributed by atoms with van der Waals surface area (Å²) in [5, 5.41) is 0. The highest BCUT2D eigenvalue weighted by atomic mass is 16.5. The van der Waals surface area contributed by atoms with E-state index in [1.807, 2.05) is 93.6 Å². The van der Waals surface area contributed by atoms with E-state index in [-0.39, 0.29) is 12.2 Å². The van der Waals surface area contributed by atoms with E-state index in [0.29, 0.717) is 34.3 Å². The predicted molar refractivity (Wildman–Crippen MR) is 163 cm³/mol.